The van der Waals surface area contributed by atoms with Crippen LogP contribution in [0.4, 0.5) is 4.39 Å². The van der Waals surface area contributed by atoms with Crippen molar-refractivity contribution < 1.29 is 9.13 Å². The smallest absolute Gasteiger partial charge is 0.219 e. The van der Waals surface area contributed by atoms with Gasteiger partial charge in [0.25, 0.3) is 0 Å². The lowest BCUT2D eigenvalue weighted by Crippen LogP contribution is -2.17. The fourth-order valence-corrected chi connectivity index (χ4v) is 2.54. The molecule has 5 heteroatoms. The summed E-state index contributed by atoms with van der Waals surface area (Å²) in [5.41, 5.74) is 0.0883. The van der Waals surface area contributed by atoms with E-state index in [-0.39, 0.29) is 11.4 Å². The van der Waals surface area contributed by atoms with E-state index in [1.165, 1.54) is 11.8 Å². The van der Waals surface area contributed by atoms with Crippen molar-refractivity contribution in [3.8, 4) is 0 Å². The Morgan fingerprint density at radius 2 is 2.18 bits per heavy atom. The Morgan fingerprint density at radius 1 is 1.47 bits per heavy atom. The molecular weight excluding hydrogens is 261 g/mol. The average molecular weight is 274 g/mol. The average Bonchev–Trinajstić information content (AvgIpc) is 2.59. The van der Waals surface area contributed by atoms with Crippen molar-refractivity contribution in [2.45, 2.75) is 24.3 Å². The van der Waals surface area contributed by atoms with Gasteiger partial charge < -0.3 is 4.74 Å². The molecule has 1 aromatic rings. The fraction of sp³-hybridized carbons (Fsp3) is 0.417. The van der Waals surface area contributed by atoms with Crippen molar-refractivity contribution in [2.24, 2.45) is 4.99 Å². The van der Waals surface area contributed by atoms with Crippen LogP contribution in [0.3, 0.4) is 0 Å². The second kappa shape index (κ2) is 4.50. The van der Waals surface area contributed by atoms with Gasteiger partial charge in [0.1, 0.15) is 6.61 Å². The molecule has 0 radical (unpaired) electrons. The molecule has 0 aromatic heterocycles. The highest BCUT2D eigenvalue weighted by Crippen LogP contribution is 2.32. The number of nitrogens with zero attached hydrogens (tertiary/aromatic N) is 1. The minimum Gasteiger partial charge on any atom is -0.475 e. The molecule has 92 valence electrons. The van der Waals surface area contributed by atoms with Crippen molar-refractivity contribution in [1.82, 2.24) is 0 Å². The molecule has 0 bridgehead atoms. The summed E-state index contributed by atoms with van der Waals surface area (Å²) in [7, 11) is 0. The van der Waals surface area contributed by atoms with Crippen LogP contribution in [0.1, 0.15) is 19.4 Å². The maximum Gasteiger partial charge on any atom is 0.219 e. The molecule has 0 amide bonds. The highest BCUT2D eigenvalue weighted by Gasteiger charge is 2.29. The molecule has 2 nitrogen and oxygen atoms in total. The molecule has 0 N–H and O–H groups in total. The molecule has 1 aliphatic rings. The van der Waals surface area contributed by atoms with Crippen LogP contribution in [0, 0.1) is 5.82 Å². The van der Waals surface area contributed by atoms with Crippen LogP contribution >= 0.6 is 23.4 Å². The number of rotatable bonds is 2. The molecule has 0 saturated carbocycles. The number of benzene rings is 1. The van der Waals surface area contributed by atoms with Gasteiger partial charge in [-0.15, -0.1) is 11.8 Å². The van der Waals surface area contributed by atoms with Crippen LogP contribution in [0.25, 0.3) is 0 Å². The fourth-order valence-electron chi connectivity index (χ4n) is 1.61. The van der Waals surface area contributed by atoms with Crippen molar-refractivity contribution in [3.63, 3.8) is 0 Å². The normalized spacial score (nSPS) is 17.8. The van der Waals surface area contributed by atoms with Crippen LogP contribution in [0.5, 0.6) is 0 Å². The van der Waals surface area contributed by atoms with E-state index in [1.54, 1.807) is 18.4 Å². The van der Waals surface area contributed by atoms with E-state index in [0.717, 1.165) is 0 Å². The van der Waals surface area contributed by atoms with Gasteiger partial charge in [-0.2, -0.15) is 0 Å². The number of halogens is 2. The first-order chi connectivity index (χ1) is 7.94. The maximum atomic E-state index is 14.2. The third-order valence-electron chi connectivity index (χ3n) is 2.45. The summed E-state index contributed by atoms with van der Waals surface area (Å²) in [6.45, 7) is 4.37. The van der Waals surface area contributed by atoms with E-state index < -0.39 is 0 Å². The van der Waals surface area contributed by atoms with E-state index in [1.807, 2.05) is 13.8 Å². The van der Waals surface area contributed by atoms with Gasteiger partial charge >= 0.3 is 0 Å². The summed E-state index contributed by atoms with van der Waals surface area (Å²) in [4.78, 5) is 4.79. The topological polar surface area (TPSA) is 21.6 Å². The SMILES string of the molecule is CSc1c(Cl)ccc(C2=NC(C)(C)CO2)c1F. The number of thioether (sulfide) groups is 1. The summed E-state index contributed by atoms with van der Waals surface area (Å²) in [6, 6.07) is 3.28. The van der Waals surface area contributed by atoms with Crippen LogP contribution in [0.2, 0.25) is 5.02 Å². The molecule has 0 aliphatic carbocycles. The van der Waals surface area contributed by atoms with Gasteiger partial charge in [0, 0.05) is 0 Å². The first kappa shape index (κ1) is 12.7. The molecule has 1 aromatic carbocycles. The highest BCUT2D eigenvalue weighted by molar-refractivity contribution is 7.98. The molecule has 0 fully saturated rings. The summed E-state index contributed by atoms with van der Waals surface area (Å²) in [6.07, 6.45) is 1.79. The zero-order valence-corrected chi connectivity index (χ0v) is 11.5. The van der Waals surface area contributed by atoms with Gasteiger partial charge in [0.2, 0.25) is 5.90 Å². The van der Waals surface area contributed by atoms with E-state index in [9.17, 15) is 4.39 Å². The second-order valence-electron chi connectivity index (χ2n) is 4.46. The van der Waals surface area contributed by atoms with Gasteiger partial charge in [-0.3, -0.25) is 0 Å². The zero-order chi connectivity index (χ0) is 12.6. The number of hydrogen-bond donors (Lipinski definition) is 0. The molecule has 0 spiro atoms. The Balaban J connectivity index is 2.48. The molecule has 1 heterocycles. The van der Waals surface area contributed by atoms with E-state index in [2.05, 4.69) is 4.99 Å². The number of hydrogen-bond acceptors (Lipinski definition) is 3. The van der Waals surface area contributed by atoms with Crippen molar-refractivity contribution >= 4 is 29.3 Å². The summed E-state index contributed by atoms with van der Waals surface area (Å²) in [5, 5.41) is 0.414. The van der Waals surface area contributed by atoms with Crippen molar-refractivity contribution in [3.05, 3.63) is 28.5 Å². The van der Waals surface area contributed by atoms with Crippen molar-refractivity contribution in [2.75, 3.05) is 12.9 Å². The Kier molecular flexibility index (Phi) is 3.36. The molecular formula is C12H13ClFNOS. The Labute approximate surface area is 109 Å². The highest BCUT2D eigenvalue weighted by atomic mass is 35.5. The van der Waals surface area contributed by atoms with Gasteiger partial charge in [0.15, 0.2) is 5.82 Å². The summed E-state index contributed by atoms with van der Waals surface area (Å²) >= 11 is 7.20. The van der Waals surface area contributed by atoms with Crippen LogP contribution in [0.15, 0.2) is 22.0 Å². The van der Waals surface area contributed by atoms with Gasteiger partial charge in [-0.1, -0.05) is 11.6 Å². The monoisotopic (exact) mass is 273 g/mol. The van der Waals surface area contributed by atoms with E-state index in [4.69, 9.17) is 16.3 Å². The molecule has 1 aliphatic heterocycles. The lowest BCUT2D eigenvalue weighted by atomic mass is 10.1. The van der Waals surface area contributed by atoms with Crippen LogP contribution in [-0.4, -0.2) is 24.3 Å². The maximum absolute atomic E-state index is 14.2. The minimum atomic E-state index is -0.360. The van der Waals surface area contributed by atoms with Gasteiger partial charge in [-0.25, -0.2) is 9.38 Å². The number of aliphatic imine (C=N–C) groups is 1. The molecule has 0 saturated heterocycles. The summed E-state index contributed by atoms with van der Waals surface area (Å²) in [5.74, 6) is 0.000849. The lowest BCUT2D eigenvalue weighted by Gasteiger charge is -2.08. The van der Waals surface area contributed by atoms with Crippen molar-refractivity contribution in [1.29, 1.82) is 0 Å². The minimum absolute atomic E-state index is 0.291. The Bertz CT molecular complexity index is 488. The van der Waals surface area contributed by atoms with Crippen LogP contribution in [-0.2, 0) is 4.74 Å². The van der Waals surface area contributed by atoms with E-state index >= 15 is 0 Å². The summed E-state index contributed by atoms with van der Waals surface area (Å²) < 4.78 is 19.6. The molecule has 2 rings (SSSR count). The Morgan fingerprint density at radius 3 is 2.71 bits per heavy atom. The van der Waals surface area contributed by atoms with Gasteiger partial charge in [-0.05, 0) is 32.2 Å². The van der Waals surface area contributed by atoms with Crippen LogP contribution < -0.4 is 0 Å². The largest absolute Gasteiger partial charge is 0.475 e. The predicted octanol–water partition coefficient (Wildman–Crippen LogP) is 3.76. The van der Waals surface area contributed by atoms with Gasteiger partial charge in [0.05, 0.1) is 21.0 Å². The first-order valence-corrected chi connectivity index (χ1v) is 6.80. The zero-order valence-electron chi connectivity index (χ0n) is 9.88. The van der Waals surface area contributed by atoms with E-state index in [0.29, 0.717) is 28.0 Å². The quantitative estimate of drug-likeness (QED) is 0.766. The predicted molar refractivity (Wildman–Crippen MR) is 69.8 cm³/mol. The standard InChI is InChI=1S/C12H13ClFNOS/c1-12(2)6-16-11(15-12)7-4-5-8(13)10(17-3)9(7)14/h4-5H,6H2,1-3H3. The molecule has 0 unspecified atom stereocenters. The Hall–Kier alpha value is -0.740. The third-order valence-corrected chi connectivity index (χ3v) is 3.68. The second-order valence-corrected chi connectivity index (χ2v) is 5.68. The lowest BCUT2D eigenvalue weighted by molar-refractivity contribution is 0.278. The number of ether oxygens (including phenoxy) is 1. The molecule has 0 atom stereocenters. The third kappa shape index (κ3) is 2.43. The molecule has 17 heavy (non-hydrogen) atoms. The first-order valence-electron chi connectivity index (χ1n) is 5.19.